The molecule has 0 aliphatic rings. The Kier molecular flexibility index (Phi) is 3.02. The van der Waals surface area contributed by atoms with Gasteiger partial charge in [-0.3, -0.25) is 4.68 Å². The van der Waals surface area contributed by atoms with Crippen LogP contribution in [0.15, 0.2) is 23.6 Å². The van der Waals surface area contributed by atoms with Crippen molar-refractivity contribution in [2.24, 2.45) is 5.11 Å². The summed E-state index contributed by atoms with van der Waals surface area (Å²) in [6, 6.07) is 1.87. The summed E-state index contributed by atoms with van der Waals surface area (Å²) in [5, 5.41) is 7.41. The van der Waals surface area contributed by atoms with Gasteiger partial charge in [-0.15, -0.1) is 0 Å². The molecule has 5 heteroatoms. The molecule has 0 unspecified atom stereocenters. The van der Waals surface area contributed by atoms with E-state index in [1.165, 1.54) is 0 Å². The largest absolute Gasteiger partial charge is 0.273 e. The average molecular weight is 151 g/mol. The van der Waals surface area contributed by atoms with Gasteiger partial charge in [0, 0.05) is 30.4 Å². The van der Waals surface area contributed by atoms with Crippen LogP contribution in [-0.4, -0.2) is 16.3 Å². The minimum absolute atomic E-state index is 0.538. The van der Waals surface area contributed by atoms with Crippen molar-refractivity contribution in [2.45, 2.75) is 13.0 Å². The molecule has 0 radical (unpaired) electrons. The van der Waals surface area contributed by atoms with Crippen LogP contribution >= 0.6 is 0 Å². The monoisotopic (exact) mass is 151 g/mol. The van der Waals surface area contributed by atoms with Gasteiger partial charge >= 0.3 is 0 Å². The van der Waals surface area contributed by atoms with E-state index in [9.17, 15) is 0 Å². The third-order valence-electron chi connectivity index (χ3n) is 1.27. The predicted octanol–water partition coefficient (Wildman–Crippen LogP) is 1.58. The van der Waals surface area contributed by atoms with E-state index in [1.54, 1.807) is 6.20 Å². The van der Waals surface area contributed by atoms with Gasteiger partial charge in [0.2, 0.25) is 0 Å². The standard InChI is InChI=1S/C6H9N5/c7-10-8-3-1-5-11-6-2-4-9-11/h2,4,6H,1,3,5H2. The number of nitrogens with zero attached hydrogens (tertiary/aromatic N) is 5. The van der Waals surface area contributed by atoms with Gasteiger partial charge in [-0.25, -0.2) is 0 Å². The minimum atomic E-state index is 0.538. The normalized spacial score (nSPS) is 9.09. The molecule has 1 aromatic heterocycles. The first-order valence-electron chi connectivity index (χ1n) is 3.42. The maximum atomic E-state index is 7.96. The number of hydrogen-bond acceptors (Lipinski definition) is 2. The van der Waals surface area contributed by atoms with Crippen molar-refractivity contribution in [1.29, 1.82) is 0 Å². The first kappa shape index (κ1) is 7.63. The molecule has 11 heavy (non-hydrogen) atoms. The van der Waals surface area contributed by atoms with Gasteiger partial charge in [-0.2, -0.15) is 5.10 Å². The van der Waals surface area contributed by atoms with Gasteiger partial charge in [0.05, 0.1) is 0 Å². The van der Waals surface area contributed by atoms with Crippen LogP contribution in [0.1, 0.15) is 6.42 Å². The van der Waals surface area contributed by atoms with Crippen LogP contribution < -0.4 is 0 Å². The molecule has 0 saturated carbocycles. The summed E-state index contributed by atoms with van der Waals surface area (Å²) in [4.78, 5) is 2.65. The third kappa shape index (κ3) is 2.73. The fourth-order valence-corrected chi connectivity index (χ4v) is 0.781. The summed E-state index contributed by atoms with van der Waals surface area (Å²) in [5.74, 6) is 0. The molecule has 58 valence electrons. The molecule has 1 heterocycles. The maximum absolute atomic E-state index is 7.96. The summed E-state index contributed by atoms with van der Waals surface area (Å²) in [7, 11) is 0. The molecule has 0 aromatic carbocycles. The number of azide groups is 1. The third-order valence-corrected chi connectivity index (χ3v) is 1.27. The Morgan fingerprint density at radius 3 is 3.18 bits per heavy atom. The Bertz CT molecular complexity index is 233. The van der Waals surface area contributed by atoms with Gasteiger partial charge in [-0.1, -0.05) is 5.11 Å². The Labute approximate surface area is 64.3 Å². The van der Waals surface area contributed by atoms with E-state index >= 15 is 0 Å². The fraction of sp³-hybridized carbons (Fsp3) is 0.500. The van der Waals surface area contributed by atoms with Gasteiger partial charge in [0.15, 0.2) is 0 Å². The molecule has 0 atom stereocenters. The lowest BCUT2D eigenvalue weighted by Gasteiger charge is -1.96. The van der Waals surface area contributed by atoms with Crippen molar-refractivity contribution in [2.75, 3.05) is 6.54 Å². The zero-order chi connectivity index (χ0) is 7.94. The van der Waals surface area contributed by atoms with Crippen LogP contribution in [0.5, 0.6) is 0 Å². The quantitative estimate of drug-likeness (QED) is 0.279. The van der Waals surface area contributed by atoms with Gasteiger partial charge in [0.25, 0.3) is 0 Å². The number of aromatic nitrogens is 2. The smallest absolute Gasteiger partial charge is 0.0489 e. The van der Waals surface area contributed by atoms with Crippen LogP contribution in [0.25, 0.3) is 10.4 Å². The van der Waals surface area contributed by atoms with E-state index in [-0.39, 0.29) is 0 Å². The second-order valence-corrected chi connectivity index (χ2v) is 2.08. The zero-order valence-electron chi connectivity index (χ0n) is 6.09. The molecule has 0 bridgehead atoms. The number of hydrogen-bond donors (Lipinski definition) is 0. The Morgan fingerprint density at radius 2 is 2.55 bits per heavy atom. The maximum Gasteiger partial charge on any atom is 0.0489 e. The molecule has 0 fully saturated rings. The molecule has 0 aliphatic heterocycles. The SMILES string of the molecule is [N-]=[N+]=NCCCn1cccn1. The molecule has 0 spiro atoms. The molecule has 0 amide bonds. The zero-order valence-corrected chi connectivity index (χ0v) is 6.09. The molecular formula is C6H9N5. The highest BCUT2D eigenvalue weighted by Gasteiger charge is 1.87. The second kappa shape index (κ2) is 4.35. The first-order valence-corrected chi connectivity index (χ1v) is 3.42. The molecule has 1 aromatic rings. The molecule has 5 nitrogen and oxygen atoms in total. The van der Waals surface area contributed by atoms with E-state index in [2.05, 4.69) is 15.1 Å². The van der Waals surface area contributed by atoms with Crippen LogP contribution in [0.4, 0.5) is 0 Å². The highest BCUT2D eigenvalue weighted by atomic mass is 15.3. The van der Waals surface area contributed by atoms with Gasteiger partial charge in [0.1, 0.15) is 0 Å². The van der Waals surface area contributed by atoms with E-state index < -0.39 is 0 Å². The van der Waals surface area contributed by atoms with E-state index in [0.717, 1.165) is 13.0 Å². The summed E-state index contributed by atoms with van der Waals surface area (Å²) in [6.45, 7) is 1.35. The van der Waals surface area contributed by atoms with Crippen molar-refractivity contribution in [3.05, 3.63) is 28.9 Å². The van der Waals surface area contributed by atoms with Gasteiger partial charge in [-0.05, 0) is 18.0 Å². The highest BCUT2D eigenvalue weighted by Crippen LogP contribution is 1.89. The molecule has 1 rings (SSSR count). The highest BCUT2D eigenvalue weighted by molar-refractivity contribution is 4.77. The fourth-order valence-electron chi connectivity index (χ4n) is 0.781. The predicted molar refractivity (Wildman–Crippen MR) is 40.9 cm³/mol. The number of rotatable bonds is 4. The summed E-state index contributed by atoms with van der Waals surface area (Å²) in [5.41, 5.74) is 7.96. The van der Waals surface area contributed by atoms with E-state index in [0.29, 0.717) is 6.54 Å². The van der Waals surface area contributed by atoms with Crippen molar-refractivity contribution in [3.63, 3.8) is 0 Å². The van der Waals surface area contributed by atoms with E-state index in [4.69, 9.17) is 5.53 Å². The molecule has 0 saturated heterocycles. The van der Waals surface area contributed by atoms with Crippen molar-refractivity contribution in [1.82, 2.24) is 9.78 Å². The van der Waals surface area contributed by atoms with Crippen molar-refractivity contribution < 1.29 is 0 Å². The Morgan fingerprint density at radius 1 is 1.64 bits per heavy atom. The number of aryl methyl sites for hydroxylation is 1. The summed E-state index contributed by atoms with van der Waals surface area (Å²) >= 11 is 0. The lowest BCUT2D eigenvalue weighted by atomic mass is 10.4. The van der Waals surface area contributed by atoms with Crippen molar-refractivity contribution >= 4 is 0 Å². The van der Waals surface area contributed by atoms with Crippen LogP contribution in [-0.2, 0) is 6.54 Å². The van der Waals surface area contributed by atoms with E-state index in [1.807, 2.05) is 16.9 Å². The first-order chi connectivity index (χ1) is 5.43. The summed E-state index contributed by atoms with van der Waals surface area (Å²) < 4.78 is 1.81. The lowest BCUT2D eigenvalue weighted by Crippen LogP contribution is -1.98. The molecule has 0 aliphatic carbocycles. The Balaban J connectivity index is 2.18. The lowest BCUT2D eigenvalue weighted by molar-refractivity contribution is 0.584. The molecule has 0 N–H and O–H groups in total. The van der Waals surface area contributed by atoms with Gasteiger partial charge < -0.3 is 0 Å². The van der Waals surface area contributed by atoms with Crippen LogP contribution in [0, 0.1) is 0 Å². The summed E-state index contributed by atoms with van der Waals surface area (Å²) in [6.07, 6.45) is 4.45. The van der Waals surface area contributed by atoms with Crippen LogP contribution in [0.3, 0.4) is 0 Å². The second-order valence-electron chi connectivity index (χ2n) is 2.08. The minimum Gasteiger partial charge on any atom is -0.273 e. The topological polar surface area (TPSA) is 66.6 Å². The molecular weight excluding hydrogens is 142 g/mol. The average Bonchev–Trinajstić information content (AvgIpc) is 2.50. The van der Waals surface area contributed by atoms with Crippen LogP contribution in [0.2, 0.25) is 0 Å². The van der Waals surface area contributed by atoms with Crippen molar-refractivity contribution in [3.8, 4) is 0 Å². The Hall–Kier alpha value is -1.48.